The fourth-order valence-corrected chi connectivity index (χ4v) is 3.52. The van der Waals surface area contributed by atoms with Gasteiger partial charge in [-0.15, -0.1) is 11.3 Å². The fraction of sp³-hybridized carbons (Fsp3) is 0. The van der Waals surface area contributed by atoms with Crippen molar-refractivity contribution in [3.63, 3.8) is 0 Å². The molecule has 2 nitrogen and oxygen atoms in total. The summed E-state index contributed by atoms with van der Waals surface area (Å²) in [5.41, 5.74) is 11.4. The maximum atomic E-state index is 6.17. The van der Waals surface area contributed by atoms with E-state index in [-0.39, 0.29) is 0 Å². The highest BCUT2D eigenvalue weighted by molar-refractivity contribution is 7.17. The second-order valence-electron chi connectivity index (χ2n) is 5.16. The molecule has 0 aliphatic carbocycles. The molecule has 0 radical (unpaired) electrons. The normalized spacial score (nSPS) is 10.9. The van der Waals surface area contributed by atoms with Crippen molar-refractivity contribution in [2.75, 3.05) is 5.73 Å². The molecule has 2 N–H and O–H groups in total. The lowest BCUT2D eigenvalue weighted by Gasteiger charge is -2.08. The minimum absolute atomic E-state index is 0.797. The van der Waals surface area contributed by atoms with Gasteiger partial charge in [0.15, 0.2) is 0 Å². The zero-order valence-electron chi connectivity index (χ0n) is 11.9. The van der Waals surface area contributed by atoms with Crippen LogP contribution in [0, 0.1) is 0 Å². The van der Waals surface area contributed by atoms with E-state index >= 15 is 0 Å². The lowest BCUT2D eigenvalue weighted by molar-refractivity contribution is 1.42. The summed E-state index contributed by atoms with van der Waals surface area (Å²) in [5.74, 6) is 0. The van der Waals surface area contributed by atoms with Crippen LogP contribution in [0.2, 0.25) is 0 Å². The lowest BCUT2D eigenvalue weighted by atomic mass is 10.00. The molecule has 0 saturated heterocycles. The molecule has 2 aromatic carbocycles. The third kappa shape index (κ3) is 2.16. The van der Waals surface area contributed by atoms with E-state index in [0.717, 1.165) is 38.3 Å². The number of rotatable bonds is 2. The van der Waals surface area contributed by atoms with Crippen molar-refractivity contribution in [1.82, 2.24) is 4.98 Å². The van der Waals surface area contributed by atoms with Gasteiger partial charge in [0.1, 0.15) is 4.83 Å². The smallest absolute Gasteiger partial charge is 0.126 e. The largest absolute Gasteiger partial charge is 0.397 e. The van der Waals surface area contributed by atoms with E-state index in [9.17, 15) is 0 Å². The number of pyridine rings is 1. The Labute approximate surface area is 132 Å². The fourth-order valence-electron chi connectivity index (χ4n) is 2.67. The van der Waals surface area contributed by atoms with Crippen LogP contribution in [0.5, 0.6) is 0 Å². The predicted molar refractivity (Wildman–Crippen MR) is 94.9 cm³/mol. The zero-order valence-corrected chi connectivity index (χ0v) is 12.7. The molecule has 22 heavy (non-hydrogen) atoms. The maximum absolute atomic E-state index is 6.17. The van der Waals surface area contributed by atoms with Crippen molar-refractivity contribution in [1.29, 1.82) is 0 Å². The number of hydrogen-bond acceptors (Lipinski definition) is 3. The number of nitrogen functional groups attached to an aromatic ring is 1. The van der Waals surface area contributed by atoms with Crippen LogP contribution >= 0.6 is 11.3 Å². The Hall–Kier alpha value is -2.65. The van der Waals surface area contributed by atoms with Gasteiger partial charge in [0.25, 0.3) is 0 Å². The number of nitrogens with two attached hydrogens (primary N) is 1. The van der Waals surface area contributed by atoms with Gasteiger partial charge in [0, 0.05) is 16.3 Å². The summed E-state index contributed by atoms with van der Waals surface area (Å²) in [4.78, 5) is 5.77. The summed E-state index contributed by atoms with van der Waals surface area (Å²) in [6.07, 6.45) is 0. The van der Waals surface area contributed by atoms with Crippen LogP contribution in [-0.2, 0) is 0 Å². The molecule has 0 amide bonds. The highest BCUT2D eigenvalue weighted by Crippen LogP contribution is 2.38. The zero-order chi connectivity index (χ0) is 14.9. The molecule has 4 rings (SSSR count). The van der Waals surface area contributed by atoms with Crippen molar-refractivity contribution in [3.05, 3.63) is 72.1 Å². The van der Waals surface area contributed by atoms with Crippen LogP contribution in [0.25, 0.3) is 32.6 Å². The third-order valence-electron chi connectivity index (χ3n) is 3.73. The molecule has 106 valence electrons. The summed E-state index contributed by atoms with van der Waals surface area (Å²) in [6.45, 7) is 0. The van der Waals surface area contributed by atoms with E-state index in [1.165, 1.54) is 0 Å². The molecule has 0 fully saturated rings. The van der Waals surface area contributed by atoms with E-state index in [2.05, 4.69) is 30.3 Å². The highest BCUT2D eigenvalue weighted by atomic mass is 32.1. The van der Waals surface area contributed by atoms with Crippen LogP contribution in [0.4, 0.5) is 5.69 Å². The first-order valence-electron chi connectivity index (χ1n) is 7.11. The number of nitrogens with zero attached hydrogens (tertiary/aromatic N) is 1. The highest BCUT2D eigenvalue weighted by Gasteiger charge is 2.13. The molecular formula is C19H14N2S. The first-order chi connectivity index (χ1) is 10.8. The number of thiophene rings is 1. The average Bonchev–Trinajstić information content (AvgIpc) is 2.97. The first-order valence-corrected chi connectivity index (χ1v) is 7.99. The number of aromatic nitrogens is 1. The van der Waals surface area contributed by atoms with Gasteiger partial charge in [-0.3, -0.25) is 0 Å². The van der Waals surface area contributed by atoms with Gasteiger partial charge >= 0.3 is 0 Å². The molecule has 0 unspecified atom stereocenters. The Bertz CT molecular complexity index is 928. The van der Waals surface area contributed by atoms with Crippen molar-refractivity contribution < 1.29 is 0 Å². The molecule has 2 aromatic heterocycles. The molecule has 3 heteroatoms. The summed E-state index contributed by atoms with van der Waals surface area (Å²) in [6, 6.07) is 22.7. The van der Waals surface area contributed by atoms with Crippen LogP contribution in [0.3, 0.4) is 0 Å². The topological polar surface area (TPSA) is 38.9 Å². The van der Waals surface area contributed by atoms with E-state index in [1.54, 1.807) is 11.3 Å². The van der Waals surface area contributed by atoms with Crippen LogP contribution in [0.1, 0.15) is 0 Å². The van der Waals surface area contributed by atoms with E-state index in [0.29, 0.717) is 0 Å². The standard InChI is InChI=1S/C19H14N2S/c20-16-12-22-19-18(16)15(13-7-3-1-4-8-13)11-17(21-19)14-9-5-2-6-10-14/h1-12H,20H2. The molecule has 0 spiro atoms. The summed E-state index contributed by atoms with van der Waals surface area (Å²) in [5, 5.41) is 3.02. The van der Waals surface area contributed by atoms with Crippen molar-refractivity contribution >= 4 is 27.2 Å². The van der Waals surface area contributed by atoms with Gasteiger partial charge in [-0.1, -0.05) is 60.7 Å². The van der Waals surface area contributed by atoms with Crippen LogP contribution in [-0.4, -0.2) is 4.98 Å². The summed E-state index contributed by atoms with van der Waals surface area (Å²) < 4.78 is 0. The number of benzene rings is 2. The van der Waals surface area contributed by atoms with Gasteiger partial charge in [-0.2, -0.15) is 0 Å². The minimum Gasteiger partial charge on any atom is -0.397 e. The first kappa shape index (κ1) is 13.0. The molecule has 0 bridgehead atoms. The number of anilines is 1. The maximum Gasteiger partial charge on any atom is 0.126 e. The monoisotopic (exact) mass is 302 g/mol. The number of hydrogen-bond donors (Lipinski definition) is 1. The van der Waals surface area contributed by atoms with Crippen molar-refractivity contribution in [3.8, 4) is 22.4 Å². The van der Waals surface area contributed by atoms with Gasteiger partial charge in [-0.05, 0) is 17.2 Å². The Morgan fingerprint density at radius 1 is 0.818 bits per heavy atom. The Kier molecular flexibility index (Phi) is 3.13. The Balaban J connectivity index is 2.03. The van der Waals surface area contributed by atoms with Gasteiger partial charge < -0.3 is 5.73 Å². The Morgan fingerprint density at radius 2 is 1.45 bits per heavy atom. The average molecular weight is 302 g/mol. The molecule has 0 aliphatic heterocycles. The number of fused-ring (bicyclic) bond motifs is 1. The second kappa shape index (κ2) is 5.28. The molecule has 0 saturated carbocycles. The van der Waals surface area contributed by atoms with Gasteiger partial charge in [0.2, 0.25) is 0 Å². The van der Waals surface area contributed by atoms with Gasteiger partial charge in [-0.25, -0.2) is 4.98 Å². The molecule has 4 aromatic rings. The minimum atomic E-state index is 0.797. The quantitative estimate of drug-likeness (QED) is 0.552. The SMILES string of the molecule is Nc1csc2nc(-c3ccccc3)cc(-c3ccccc3)c12. The van der Waals surface area contributed by atoms with E-state index in [1.807, 2.05) is 41.8 Å². The lowest BCUT2D eigenvalue weighted by Crippen LogP contribution is -1.90. The molecule has 0 aliphatic rings. The van der Waals surface area contributed by atoms with Crippen molar-refractivity contribution in [2.24, 2.45) is 0 Å². The van der Waals surface area contributed by atoms with E-state index < -0.39 is 0 Å². The van der Waals surface area contributed by atoms with Gasteiger partial charge in [0.05, 0.1) is 11.4 Å². The van der Waals surface area contributed by atoms with Crippen molar-refractivity contribution in [2.45, 2.75) is 0 Å². The third-order valence-corrected chi connectivity index (χ3v) is 4.62. The van der Waals surface area contributed by atoms with Crippen LogP contribution < -0.4 is 5.73 Å². The van der Waals surface area contributed by atoms with Crippen LogP contribution in [0.15, 0.2) is 72.1 Å². The van der Waals surface area contributed by atoms with E-state index in [4.69, 9.17) is 10.7 Å². The molecule has 2 heterocycles. The second-order valence-corrected chi connectivity index (χ2v) is 6.02. The molecular weight excluding hydrogens is 288 g/mol. The summed E-state index contributed by atoms with van der Waals surface area (Å²) >= 11 is 1.60. The predicted octanol–water partition coefficient (Wildman–Crippen LogP) is 5.21. The molecule has 0 atom stereocenters. The Morgan fingerprint density at radius 3 is 2.14 bits per heavy atom. The summed E-state index contributed by atoms with van der Waals surface area (Å²) in [7, 11) is 0.